The topological polar surface area (TPSA) is 51.0 Å². The SMILES string of the molecule is CC1NCCC1c1nc(CSc2ccc(Cl)cc2)no1. The summed E-state index contributed by atoms with van der Waals surface area (Å²) >= 11 is 7.54. The van der Waals surface area contributed by atoms with E-state index in [-0.39, 0.29) is 0 Å². The van der Waals surface area contributed by atoms with Gasteiger partial charge in [0.05, 0.1) is 11.7 Å². The van der Waals surface area contributed by atoms with Gasteiger partial charge in [-0.1, -0.05) is 16.8 Å². The van der Waals surface area contributed by atoms with Crippen molar-refractivity contribution in [3.05, 3.63) is 41.0 Å². The molecule has 1 aromatic heterocycles. The fourth-order valence-corrected chi connectivity index (χ4v) is 3.22. The zero-order chi connectivity index (χ0) is 13.9. The molecule has 0 amide bonds. The zero-order valence-corrected chi connectivity index (χ0v) is 12.7. The minimum Gasteiger partial charge on any atom is -0.339 e. The molecule has 1 aliphatic rings. The Bertz CT molecular complexity index is 572. The maximum Gasteiger partial charge on any atom is 0.231 e. The normalized spacial score (nSPS) is 22.3. The molecule has 6 heteroatoms. The standard InChI is InChI=1S/C14H16ClN3OS/c1-9-12(6-7-16-9)14-17-13(18-19-14)8-20-11-4-2-10(15)3-5-11/h2-5,9,12,16H,6-8H2,1H3. The van der Waals surface area contributed by atoms with Gasteiger partial charge in [0.1, 0.15) is 0 Å². The Morgan fingerprint density at radius 2 is 2.20 bits per heavy atom. The molecule has 4 nitrogen and oxygen atoms in total. The van der Waals surface area contributed by atoms with Gasteiger partial charge < -0.3 is 9.84 Å². The molecule has 1 N–H and O–H groups in total. The predicted molar refractivity (Wildman–Crippen MR) is 80.1 cm³/mol. The van der Waals surface area contributed by atoms with Gasteiger partial charge in [-0.05, 0) is 44.2 Å². The number of nitrogens with one attached hydrogen (secondary N) is 1. The van der Waals surface area contributed by atoms with Crippen LogP contribution in [0.15, 0.2) is 33.7 Å². The molecule has 106 valence electrons. The zero-order valence-electron chi connectivity index (χ0n) is 11.2. The molecule has 2 unspecified atom stereocenters. The lowest BCUT2D eigenvalue weighted by atomic mass is 10.0. The number of halogens is 1. The number of benzene rings is 1. The van der Waals surface area contributed by atoms with Gasteiger partial charge in [-0.15, -0.1) is 11.8 Å². The fraction of sp³-hybridized carbons (Fsp3) is 0.429. The summed E-state index contributed by atoms with van der Waals surface area (Å²) in [5.74, 6) is 2.56. The van der Waals surface area contributed by atoms with Gasteiger partial charge in [-0.2, -0.15) is 4.98 Å². The molecule has 0 spiro atoms. The minimum atomic E-state index is 0.344. The highest BCUT2D eigenvalue weighted by Crippen LogP contribution is 2.28. The van der Waals surface area contributed by atoms with Crippen LogP contribution in [0.3, 0.4) is 0 Å². The van der Waals surface area contributed by atoms with Gasteiger partial charge >= 0.3 is 0 Å². The minimum absolute atomic E-state index is 0.344. The Labute approximate surface area is 127 Å². The maximum atomic E-state index is 5.86. The summed E-state index contributed by atoms with van der Waals surface area (Å²) in [6, 6.07) is 8.18. The van der Waals surface area contributed by atoms with Crippen LogP contribution < -0.4 is 5.32 Å². The van der Waals surface area contributed by atoms with E-state index in [2.05, 4.69) is 22.4 Å². The van der Waals surface area contributed by atoms with Crippen molar-refractivity contribution in [2.24, 2.45) is 0 Å². The molecule has 0 radical (unpaired) electrons. The third kappa shape index (κ3) is 3.16. The van der Waals surface area contributed by atoms with Crippen LogP contribution in [0.25, 0.3) is 0 Å². The Kier molecular flexibility index (Phi) is 4.29. The Hall–Kier alpha value is -1.04. The lowest BCUT2D eigenvalue weighted by Crippen LogP contribution is -2.21. The molecule has 2 heterocycles. The van der Waals surface area contributed by atoms with Crippen LogP contribution in [-0.4, -0.2) is 22.7 Å². The maximum absolute atomic E-state index is 5.86. The van der Waals surface area contributed by atoms with Crippen LogP contribution in [0.5, 0.6) is 0 Å². The highest BCUT2D eigenvalue weighted by atomic mass is 35.5. The van der Waals surface area contributed by atoms with Crippen molar-refractivity contribution < 1.29 is 4.52 Å². The first-order chi connectivity index (χ1) is 9.72. The second-order valence-corrected chi connectivity index (χ2v) is 6.41. The number of aromatic nitrogens is 2. The van der Waals surface area contributed by atoms with Crippen molar-refractivity contribution in [3.8, 4) is 0 Å². The largest absolute Gasteiger partial charge is 0.339 e. The predicted octanol–water partition coefficient (Wildman–Crippen LogP) is 3.48. The van der Waals surface area contributed by atoms with Crippen molar-refractivity contribution in [3.63, 3.8) is 0 Å². The van der Waals surface area contributed by atoms with Gasteiger partial charge in [0.15, 0.2) is 5.82 Å². The average Bonchev–Trinajstić information content (AvgIpc) is 3.06. The van der Waals surface area contributed by atoms with E-state index >= 15 is 0 Å². The van der Waals surface area contributed by atoms with Crippen LogP contribution in [0.2, 0.25) is 5.02 Å². The van der Waals surface area contributed by atoms with E-state index in [9.17, 15) is 0 Å². The summed E-state index contributed by atoms with van der Waals surface area (Å²) in [5.41, 5.74) is 0. The number of hydrogen-bond donors (Lipinski definition) is 1. The summed E-state index contributed by atoms with van der Waals surface area (Å²) in [6.45, 7) is 3.17. The van der Waals surface area contributed by atoms with Crippen molar-refractivity contribution in [1.82, 2.24) is 15.5 Å². The van der Waals surface area contributed by atoms with E-state index < -0.39 is 0 Å². The molecule has 0 bridgehead atoms. The van der Waals surface area contributed by atoms with E-state index in [1.807, 2.05) is 24.3 Å². The first-order valence-corrected chi connectivity index (χ1v) is 8.03. The number of thioether (sulfide) groups is 1. The van der Waals surface area contributed by atoms with Gasteiger partial charge in [0.2, 0.25) is 5.89 Å². The Morgan fingerprint density at radius 1 is 1.40 bits per heavy atom. The molecule has 1 fully saturated rings. The monoisotopic (exact) mass is 309 g/mol. The van der Waals surface area contributed by atoms with Crippen molar-refractivity contribution in [1.29, 1.82) is 0 Å². The van der Waals surface area contributed by atoms with Crippen LogP contribution in [0.1, 0.15) is 31.0 Å². The summed E-state index contributed by atoms with van der Waals surface area (Å²) in [5, 5.41) is 8.21. The fourth-order valence-electron chi connectivity index (χ4n) is 2.35. The molecule has 1 aliphatic heterocycles. The Morgan fingerprint density at radius 3 is 2.90 bits per heavy atom. The van der Waals surface area contributed by atoms with Gasteiger partial charge in [0.25, 0.3) is 0 Å². The quantitative estimate of drug-likeness (QED) is 0.876. The van der Waals surface area contributed by atoms with Gasteiger partial charge in [0, 0.05) is 16.0 Å². The van der Waals surface area contributed by atoms with Crippen LogP contribution in [0, 0.1) is 0 Å². The smallest absolute Gasteiger partial charge is 0.231 e. The van der Waals surface area contributed by atoms with Gasteiger partial charge in [-0.25, -0.2) is 0 Å². The number of nitrogens with zero attached hydrogens (tertiary/aromatic N) is 2. The first kappa shape index (κ1) is 13.9. The van der Waals surface area contributed by atoms with E-state index in [1.54, 1.807) is 11.8 Å². The molecule has 3 rings (SSSR count). The van der Waals surface area contributed by atoms with Gasteiger partial charge in [-0.3, -0.25) is 0 Å². The molecular weight excluding hydrogens is 294 g/mol. The average molecular weight is 310 g/mol. The van der Waals surface area contributed by atoms with Crippen LogP contribution in [0.4, 0.5) is 0 Å². The Balaban J connectivity index is 1.61. The number of rotatable bonds is 4. The first-order valence-electron chi connectivity index (χ1n) is 6.66. The van der Waals surface area contributed by atoms with Crippen molar-refractivity contribution in [2.75, 3.05) is 6.54 Å². The van der Waals surface area contributed by atoms with E-state index in [4.69, 9.17) is 16.1 Å². The molecular formula is C14H16ClN3OS. The highest BCUT2D eigenvalue weighted by molar-refractivity contribution is 7.98. The molecule has 0 aliphatic carbocycles. The molecule has 2 aromatic rings. The summed E-state index contributed by atoms with van der Waals surface area (Å²) in [7, 11) is 0. The molecule has 2 atom stereocenters. The second-order valence-electron chi connectivity index (χ2n) is 4.93. The van der Waals surface area contributed by atoms with E-state index in [0.717, 1.165) is 34.6 Å². The summed E-state index contributed by atoms with van der Waals surface area (Å²) in [4.78, 5) is 5.66. The molecule has 0 saturated carbocycles. The molecule has 1 saturated heterocycles. The number of hydrogen-bond acceptors (Lipinski definition) is 5. The highest BCUT2D eigenvalue weighted by Gasteiger charge is 2.29. The van der Waals surface area contributed by atoms with Crippen molar-refractivity contribution >= 4 is 23.4 Å². The third-order valence-corrected chi connectivity index (χ3v) is 4.77. The van der Waals surface area contributed by atoms with E-state index in [0.29, 0.717) is 17.7 Å². The van der Waals surface area contributed by atoms with E-state index in [1.165, 1.54) is 0 Å². The van der Waals surface area contributed by atoms with Crippen molar-refractivity contribution in [2.45, 2.75) is 36.0 Å². The molecule has 20 heavy (non-hydrogen) atoms. The van der Waals surface area contributed by atoms with Crippen LogP contribution in [-0.2, 0) is 5.75 Å². The summed E-state index contributed by atoms with van der Waals surface area (Å²) in [6.07, 6.45) is 1.06. The lowest BCUT2D eigenvalue weighted by Gasteiger charge is -2.08. The third-order valence-electron chi connectivity index (χ3n) is 3.51. The van der Waals surface area contributed by atoms with Crippen LogP contribution >= 0.6 is 23.4 Å². The second kappa shape index (κ2) is 6.16. The summed E-state index contributed by atoms with van der Waals surface area (Å²) < 4.78 is 5.39. The molecule has 1 aromatic carbocycles. The lowest BCUT2D eigenvalue weighted by molar-refractivity contribution is 0.342.